The summed E-state index contributed by atoms with van der Waals surface area (Å²) in [5.74, 6) is -0.345. The number of hydrogen-bond donors (Lipinski definition) is 1. The van der Waals surface area contributed by atoms with Gasteiger partial charge in [0.15, 0.2) is 5.58 Å². The number of amides is 1. The smallest absolute Gasteiger partial charge is 0.408 e. The van der Waals surface area contributed by atoms with E-state index in [1.165, 1.54) is 0 Å². The Kier molecular flexibility index (Phi) is 6.08. The van der Waals surface area contributed by atoms with E-state index in [1.807, 2.05) is 44.2 Å². The minimum atomic E-state index is -0.349. The summed E-state index contributed by atoms with van der Waals surface area (Å²) >= 11 is 3.40. The molecule has 0 radical (unpaired) electrons. The van der Waals surface area contributed by atoms with Crippen LogP contribution in [0.2, 0.25) is 0 Å². The first-order valence-corrected chi connectivity index (χ1v) is 10.8. The van der Waals surface area contributed by atoms with Gasteiger partial charge in [-0.05, 0) is 43.2 Å². The van der Waals surface area contributed by atoms with Crippen molar-refractivity contribution in [1.82, 2.24) is 14.4 Å². The molecule has 2 heterocycles. The molecule has 1 fully saturated rings. The number of para-hydroxylation sites is 1. The van der Waals surface area contributed by atoms with Gasteiger partial charge in [-0.15, -0.1) is 0 Å². The number of fused-ring (bicyclic) bond motifs is 1. The number of aromatic nitrogens is 1. The van der Waals surface area contributed by atoms with E-state index in [2.05, 4.69) is 31.0 Å². The van der Waals surface area contributed by atoms with Crippen LogP contribution in [-0.4, -0.2) is 53.0 Å². The molecule has 0 aliphatic carbocycles. The van der Waals surface area contributed by atoms with E-state index in [4.69, 9.17) is 4.42 Å². The fraction of sp³-hybridized carbons (Fsp3) is 0.364. The first-order valence-electron chi connectivity index (χ1n) is 10.0. The normalized spacial score (nSPS) is 15.6. The number of benzene rings is 2. The van der Waals surface area contributed by atoms with Crippen LogP contribution >= 0.6 is 15.9 Å². The largest absolute Gasteiger partial charge is 0.421 e. The Labute approximate surface area is 183 Å². The van der Waals surface area contributed by atoms with Crippen molar-refractivity contribution in [1.29, 1.82) is 0 Å². The molecule has 4 rings (SSSR count). The zero-order chi connectivity index (χ0) is 21.3. The van der Waals surface area contributed by atoms with Crippen molar-refractivity contribution in [3.05, 3.63) is 62.5 Å². The van der Waals surface area contributed by atoms with Crippen LogP contribution in [0.1, 0.15) is 11.1 Å². The first kappa shape index (κ1) is 20.8. The minimum Gasteiger partial charge on any atom is -0.408 e. The van der Waals surface area contributed by atoms with Gasteiger partial charge in [0.2, 0.25) is 5.91 Å². The van der Waals surface area contributed by atoms with E-state index in [9.17, 15) is 9.59 Å². The second-order valence-corrected chi connectivity index (χ2v) is 8.67. The van der Waals surface area contributed by atoms with Crippen LogP contribution < -0.4 is 11.1 Å². The summed E-state index contributed by atoms with van der Waals surface area (Å²) in [4.78, 5) is 29.1. The average Bonchev–Trinajstić information content (AvgIpc) is 3.00. The quantitative estimate of drug-likeness (QED) is 0.617. The van der Waals surface area contributed by atoms with Crippen LogP contribution in [-0.2, 0) is 11.5 Å². The predicted octanol–water partition coefficient (Wildman–Crippen LogP) is 3.19. The molecular formula is C22H25BrN4O3. The van der Waals surface area contributed by atoms with E-state index in [1.54, 1.807) is 10.6 Å². The second-order valence-electron chi connectivity index (χ2n) is 7.76. The molecule has 0 unspecified atom stereocenters. The highest BCUT2D eigenvalue weighted by Crippen LogP contribution is 2.20. The van der Waals surface area contributed by atoms with Gasteiger partial charge in [-0.25, -0.2) is 4.79 Å². The van der Waals surface area contributed by atoms with Crippen molar-refractivity contribution in [3.63, 3.8) is 0 Å². The van der Waals surface area contributed by atoms with E-state index < -0.39 is 0 Å². The molecule has 3 aromatic rings. The Hall–Kier alpha value is -2.42. The second kappa shape index (κ2) is 8.75. The van der Waals surface area contributed by atoms with Crippen molar-refractivity contribution in [2.24, 2.45) is 0 Å². The monoisotopic (exact) mass is 472 g/mol. The number of nitrogens with one attached hydrogen (secondary N) is 1. The van der Waals surface area contributed by atoms with E-state index in [-0.39, 0.29) is 11.7 Å². The maximum absolute atomic E-state index is 12.5. The zero-order valence-corrected chi connectivity index (χ0v) is 18.7. The summed E-state index contributed by atoms with van der Waals surface area (Å²) < 4.78 is 7.89. The number of halogens is 1. The highest BCUT2D eigenvalue weighted by atomic mass is 79.9. The van der Waals surface area contributed by atoms with Gasteiger partial charge in [0.25, 0.3) is 0 Å². The molecule has 1 N–H and O–H groups in total. The Bertz CT molecular complexity index is 1110. The minimum absolute atomic E-state index is 0.00322. The molecule has 0 spiro atoms. The summed E-state index contributed by atoms with van der Waals surface area (Å²) in [6.07, 6.45) is 0. The fourth-order valence-corrected chi connectivity index (χ4v) is 4.20. The molecule has 0 bridgehead atoms. The van der Waals surface area contributed by atoms with Crippen LogP contribution in [0, 0.1) is 13.8 Å². The van der Waals surface area contributed by atoms with Crippen LogP contribution in [0.25, 0.3) is 11.1 Å². The van der Waals surface area contributed by atoms with E-state index >= 15 is 0 Å². The average molecular weight is 473 g/mol. The lowest BCUT2D eigenvalue weighted by atomic mass is 10.1. The Morgan fingerprint density at radius 3 is 2.43 bits per heavy atom. The third-order valence-electron chi connectivity index (χ3n) is 5.55. The maximum atomic E-state index is 12.5. The Morgan fingerprint density at radius 2 is 1.73 bits per heavy atom. The molecule has 7 nitrogen and oxygen atoms in total. The van der Waals surface area contributed by atoms with E-state index in [0.717, 1.165) is 53.0 Å². The van der Waals surface area contributed by atoms with Gasteiger partial charge in [-0.3, -0.25) is 19.2 Å². The number of anilines is 1. The molecular weight excluding hydrogens is 448 g/mol. The first-order chi connectivity index (χ1) is 14.4. The molecule has 0 saturated carbocycles. The highest BCUT2D eigenvalue weighted by Gasteiger charge is 2.21. The lowest BCUT2D eigenvalue weighted by Crippen LogP contribution is -2.49. The molecule has 8 heteroatoms. The summed E-state index contributed by atoms with van der Waals surface area (Å²) in [5.41, 5.74) is 4.41. The molecule has 30 heavy (non-hydrogen) atoms. The number of oxazole rings is 1. The Balaban J connectivity index is 1.33. The lowest BCUT2D eigenvalue weighted by Gasteiger charge is -2.34. The SMILES string of the molecule is Cc1cccc(C)c1NC(=O)CN1CCN(Cn2c(=O)oc3cc(Br)ccc32)CC1. The Morgan fingerprint density at radius 1 is 1.07 bits per heavy atom. The summed E-state index contributed by atoms with van der Waals surface area (Å²) in [6.45, 7) is 7.97. The number of rotatable bonds is 5. The number of aryl methyl sites for hydroxylation is 2. The molecule has 1 saturated heterocycles. The van der Waals surface area contributed by atoms with Gasteiger partial charge in [0.05, 0.1) is 18.7 Å². The van der Waals surface area contributed by atoms with Gasteiger partial charge in [-0.2, -0.15) is 0 Å². The molecule has 0 atom stereocenters. The summed E-state index contributed by atoms with van der Waals surface area (Å²) in [5, 5.41) is 3.05. The topological polar surface area (TPSA) is 70.7 Å². The number of carbonyl (C=O) groups excluding carboxylic acids is 1. The molecule has 1 aliphatic heterocycles. The zero-order valence-electron chi connectivity index (χ0n) is 17.2. The highest BCUT2D eigenvalue weighted by molar-refractivity contribution is 9.10. The number of hydrogen-bond acceptors (Lipinski definition) is 5. The van der Waals surface area contributed by atoms with Crippen molar-refractivity contribution >= 4 is 38.6 Å². The fourth-order valence-electron chi connectivity index (χ4n) is 3.86. The number of nitrogens with zero attached hydrogens (tertiary/aromatic N) is 3. The third-order valence-corrected chi connectivity index (χ3v) is 6.04. The van der Waals surface area contributed by atoms with E-state index in [0.29, 0.717) is 18.8 Å². The van der Waals surface area contributed by atoms with Gasteiger partial charge in [0.1, 0.15) is 0 Å². The number of piperazine rings is 1. The predicted molar refractivity (Wildman–Crippen MR) is 121 cm³/mol. The molecule has 158 valence electrons. The number of carbonyl (C=O) groups is 1. The lowest BCUT2D eigenvalue weighted by molar-refractivity contribution is -0.117. The van der Waals surface area contributed by atoms with Gasteiger partial charge < -0.3 is 9.73 Å². The molecule has 1 amide bonds. The van der Waals surface area contributed by atoms with Crippen LogP contribution in [0.4, 0.5) is 5.69 Å². The van der Waals surface area contributed by atoms with Crippen LogP contribution in [0.5, 0.6) is 0 Å². The van der Waals surface area contributed by atoms with Crippen LogP contribution in [0.15, 0.2) is 50.1 Å². The van der Waals surface area contributed by atoms with Crippen LogP contribution in [0.3, 0.4) is 0 Å². The van der Waals surface area contributed by atoms with Gasteiger partial charge in [0, 0.05) is 36.3 Å². The van der Waals surface area contributed by atoms with Crippen molar-refractivity contribution in [3.8, 4) is 0 Å². The molecule has 1 aliphatic rings. The summed E-state index contributed by atoms with van der Waals surface area (Å²) in [7, 11) is 0. The van der Waals surface area contributed by atoms with Gasteiger partial charge in [-0.1, -0.05) is 34.1 Å². The van der Waals surface area contributed by atoms with Crippen molar-refractivity contribution in [2.75, 3.05) is 38.0 Å². The molecule has 2 aromatic carbocycles. The third kappa shape index (κ3) is 4.50. The van der Waals surface area contributed by atoms with Crippen molar-refractivity contribution in [2.45, 2.75) is 20.5 Å². The standard InChI is InChI=1S/C22H25BrN4O3/c1-15-4-3-5-16(2)21(15)24-20(28)13-25-8-10-26(11-9-25)14-27-18-7-6-17(23)12-19(18)30-22(27)29/h3-7,12H,8-11,13-14H2,1-2H3,(H,24,28). The molecule has 1 aromatic heterocycles. The summed E-state index contributed by atoms with van der Waals surface area (Å²) in [6, 6.07) is 11.6. The van der Waals surface area contributed by atoms with Gasteiger partial charge >= 0.3 is 5.76 Å². The van der Waals surface area contributed by atoms with Crippen molar-refractivity contribution < 1.29 is 9.21 Å². The maximum Gasteiger partial charge on any atom is 0.421 e.